The molecule has 3 heteroatoms. The number of amides is 1. The van der Waals surface area contributed by atoms with Gasteiger partial charge in [0.2, 0.25) is 5.91 Å². The molecule has 4 unspecified atom stereocenters. The Balaban J connectivity index is 2.09. The molecule has 1 heterocycles. The van der Waals surface area contributed by atoms with Crippen LogP contribution in [0.4, 0.5) is 0 Å². The summed E-state index contributed by atoms with van der Waals surface area (Å²) in [7, 11) is 0. The van der Waals surface area contributed by atoms with Crippen molar-refractivity contribution in [1.29, 1.82) is 0 Å². The number of carbonyl (C=O) groups excluding carboxylic acids is 1. The average Bonchev–Trinajstić information content (AvgIpc) is 2.41. The normalized spacial score (nSPS) is 33.9. The van der Waals surface area contributed by atoms with Gasteiger partial charge >= 0.3 is 0 Å². The summed E-state index contributed by atoms with van der Waals surface area (Å²) in [6, 6.07) is 0.510. The van der Waals surface area contributed by atoms with Gasteiger partial charge in [-0.2, -0.15) is 0 Å². The van der Waals surface area contributed by atoms with Gasteiger partial charge in [0.05, 0.1) is 5.92 Å². The SMILES string of the molecule is CCC(CN)C(=O)N1CCC(C)C2CCCCC21. The zero-order valence-corrected chi connectivity index (χ0v) is 11.9. The molecule has 3 nitrogen and oxygen atoms in total. The van der Waals surface area contributed by atoms with E-state index in [0.717, 1.165) is 24.8 Å². The van der Waals surface area contributed by atoms with Crippen LogP contribution in [0.25, 0.3) is 0 Å². The molecule has 1 amide bonds. The highest BCUT2D eigenvalue weighted by Gasteiger charge is 2.40. The Morgan fingerprint density at radius 3 is 2.72 bits per heavy atom. The van der Waals surface area contributed by atoms with Crippen LogP contribution in [0.1, 0.15) is 52.4 Å². The summed E-state index contributed by atoms with van der Waals surface area (Å²) in [4.78, 5) is 14.8. The smallest absolute Gasteiger partial charge is 0.227 e. The molecular weight excluding hydrogens is 224 g/mol. The van der Waals surface area contributed by atoms with Crippen molar-refractivity contribution in [1.82, 2.24) is 4.90 Å². The van der Waals surface area contributed by atoms with Crippen LogP contribution in [0.2, 0.25) is 0 Å². The molecule has 0 aromatic heterocycles. The maximum atomic E-state index is 12.6. The minimum Gasteiger partial charge on any atom is -0.339 e. The van der Waals surface area contributed by atoms with Crippen LogP contribution in [-0.4, -0.2) is 29.9 Å². The first-order chi connectivity index (χ1) is 8.69. The lowest BCUT2D eigenvalue weighted by Crippen LogP contribution is -2.54. The number of piperidine rings is 1. The summed E-state index contributed by atoms with van der Waals surface area (Å²) in [5.41, 5.74) is 5.74. The molecule has 1 saturated heterocycles. The van der Waals surface area contributed by atoms with Crippen molar-refractivity contribution in [3.63, 3.8) is 0 Å². The second-order valence-corrected chi connectivity index (χ2v) is 6.15. The van der Waals surface area contributed by atoms with Crippen molar-refractivity contribution in [2.45, 2.75) is 58.4 Å². The Hall–Kier alpha value is -0.570. The molecule has 1 aliphatic carbocycles. The lowest BCUT2D eigenvalue weighted by Gasteiger charge is -2.48. The fraction of sp³-hybridized carbons (Fsp3) is 0.933. The van der Waals surface area contributed by atoms with Crippen molar-refractivity contribution in [3.8, 4) is 0 Å². The molecule has 0 aromatic rings. The molecule has 18 heavy (non-hydrogen) atoms. The third-order valence-electron chi connectivity index (χ3n) is 5.15. The Morgan fingerprint density at radius 1 is 1.33 bits per heavy atom. The van der Waals surface area contributed by atoms with Crippen LogP contribution in [0.3, 0.4) is 0 Å². The van der Waals surface area contributed by atoms with E-state index in [-0.39, 0.29) is 5.92 Å². The van der Waals surface area contributed by atoms with E-state index in [1.807, 2.05) is 0 Å². The van der Waals surface area contributed by atoms with Crippen LogP contribution < -0.4 is 5.73 Å². The highest BCUT2D eigenvalue weighted by Crippen LogP contribution is 2.39. The second-order valence-electron chi connectivity index (χ2n) is 6.15. The van der Waals surface area contributed by atoms with E-state index >= 15 is 0 Å². The fourth-order valence-electron chi connectivity index (χ4n) is 3.86. The van der Waals surface area contributed by atoms with Gasteiger partial charge in [0.15, 0.2) is 0 Å². The average molecular weight is 252 g/mol. The molecule has 2 aliphatic rings. The second kappa shape index (κ2) is 6.05. The van der Waals surface area contributed by atoms with E-state index in [4.69, 9.17) is 5.73 Å². The Kier molecular flexibility index (Phi) is 4.66. The molecule has 2 fully saturated rings. The number of nitrogens with two attached hydrogens (primary N) is 1. The monoisotopic (exact) mass is 252 g/mol. The van der Waals surface area contributed by atoms with Gasteiger partial charge in [0, 0.05) is 19.1 Å². The Morgan fingerprint density at radius 2 is 2.06 bits per heavy atom. The quantitative estimate of drug-likeness (QED) is 0.838. The van der Waals surface area contributed by atoms with Gasteiger partial charge in [0.25, 0.3) is 0 Å². The zero-order chi connectivity index (χ0) is 13.1. The standard InChI is InChI=1S/C15H28N2O/c1-3-12(10-16)15(18)17-9-8-11(2)13-6-4-5-7-14(13)17/h11-14H,3-10,16H2,1-2H3. The minimum atomic E-state index is 0.0426. The number of rotatable bonds is 3. The molecule has 0 spiro atoms. The summed E-state index contributed by atoms with van der Waals surface area (Å²) in [6.07, 6.45) is 7.21. The first-order valence-corrected chi connectivity index (χ1v) is 7.69. The number of hydrogen-bond donors (Lipinski definition) is 1. The van der Waals surface area contributed by atoms with E-state index in [2.05, 4.69) is 18.7 Å². The van der Waals surface area contributed by atoms with Crippen molar-refractivity contribution >= 4 is 5.91 Å². The summed E-state index contributed by atoms with van der Waals surface area (Å²) in [6.45, 7) is 5.89. The number of hydrogen-bond acceptors (Lipinski definition) is 2. The molecule has 1 aliphatic heterocycles. The van der Waals surface area contributed by atoms with E-state index in [0.29, 0.717) is 18.5 Å². The molecule has 0 radical (unpaired) electrons. The van der Waals surface area contributed by atoms with Gasteiger partial charge < -0.3 is 10.6 Å². The summed E-state index contributed by atoms with van der Waals surface area (Å²) in [5.74, 6) is 1.90. The predicted octanol–water partition coefficient (Wildman–Crippen LogP) is 2.40. The molecule has 0 aromatic carbocycles. The maximum Gasteiger partial charge on any atom is 0.227 e. The Bertz CT molecular complexity index is 288. The predicted molar refractivity (Wildman–Crippen MR) is 74.1 cm³/mol. The van der Waals surface area contributed by atoms with Crippen molar-refractivity contribution < 1.29 is 4.79 Å². The van der Waals surface area contributed by atoms with Gasteiger partial charge in [-0.1, -0.05) is 26.7 Å². The molecule has 1 saturated carbocycles. The summed E-state index contributed by atoms with van der Waals surface area (Å²) in [5, 5.41) is 0. The number of carbonyl (C=O) groups is 1. The van der Waals surface area contributed by atoms with Gasteiger partial charge in [-0.15, -0.1) is 0 Å². The molecule has 0 bridgehead atoms. The molecule has 104 valence electrons. The van der Waals surface area contributed by atoms with Crippen LogP contribution in [0.15, 0.2) is 0 Å². The third-order valence-corrected chi connectivity index (χ3v) is 5.15. The Labute approximate surface area is 111 Å². The van der Waals surface area contributed by atoms with Gasteiger partial charge in [-0.3, -0.25) is 4.79 Å². The number of nitrogens with zero attached hydrogens (tertiary/aromatic N) is 1. The highest BCUT2D eigenvalue weighted by molar-refractivity contribution is 5.79. The first kappa shape index (κ1) is 13.9. The number of fused-ring (bicyclic) bond motifs is 1. The first-order valence-electron chi connectivity index (χ1n) is 7.69. The van der Waals surface area contributed by atoms with Crippen molar-refractivity contribution in [2.24, 2.45) is 23.5 Å². The van der Waals surface area contributed by atoms with Gasteiger partial charge in [-0.05, 0) is 37.5 Å². The largest absolute Gasteiger partial charge is 0.339 e. The van der Waals surface area contributed by atoms with Crippen molar-refractivity contribution in [3.05, 3.63) is 0 Å². The molecular formula is C15H28N2O. The summed E-state index contributed by atoms with van der Waals surface area (Å²) < 4.78 is 0. The lowest BCUT2D eigenvalue weighted by atomic mass is 9.72. The fourth-order valence-corrected chi connectivity index (χ4v) is 3.86. The van der Waals surface area contributed by atoms with Crippen LogP contribution in [0, 0.1) is 17.8 Å². The van der Waals surface area contributed by atoms with E-state index in [9.17, 15) is 4.79 Å². The van der Waals surface area contributed by atoms with E-state index < -0.39 is 0 Å². The van der Waals surface area contributed by atoms with Gasteiger partial charge in [-0.25, -0.2) is 0 Å². The highest BCUT2D eigenvalue weighted by atomic mass is 16.2. The number of likely N-dealkylation sites (tertiary alicyclic amines) is 1. The van der Waals surface area contributed by atoms with Crippen molar-refractivity contribution in [2.75, 3.05) is 13.1 Å². The van der Waals surface area contributed by atoms with Crippen LogP contribution in [-0.2, 0) is 4.79 Å². The van der Waals surface area contributed by atoms with E-state index in [1.54, 1.807) is 0 Å². The van der Waals surface area contributed by atoms with Crippen LogP contribution in [0.5, 0.6) is 0 Å². The van der Waals surface area contributed by atoms with E-state index in [1.165, 1.54) is 32.1 Å². The van der Waals surface area contributed by atoms with Crippen LogP contribution >= 0.6 is 0 Å². The summed E-state index contributed by atoms with van der Waals surface area (Å²) >= 11 is 0. The maximum absolute atomic E-state index is 12.6. The minimum absolute atomic E-state index is 0.0426. The van der Waals surface area contributed by atoms with Gasteiger partial charge in [0.1, 0.15) is 0 Å². The molecule has 2 rings (SSSR count). The molecule has 2 N–H and O–H groups in total. The third kappa shape index (κ3) is 2.56. The lowest BCUT2D eigenvalue weighted by molar-refractivity contribution is -0.143. The zero-order valence-electron chi connectivity index (χ0n) is 11.9. The molecule has 4 atom stereocenters. The topological polar surface area (TPSA) is 46.3 Å².